The van der Waals surface area contributed by atoms with Gasteiger partial charge in [-0.15, -0.1) is 23.1 Å². The Bertz CT molecular complexity index is 781. The van der Waals surface area contributed by atoms with Crippen LogP contribution in [0.4, 0.5) is 5.13 Å². The van der Waals surface area contributed by atoms with Gasteiger partial charge in [-0.1, -0.05) is 48.5 Å². The first kappa shape index (κ1) is 13.9. The fourth-order valence-corrected chi connectivity index (χ4v) is 4.75. The second kappa shape index (κ2) is 6.15. The molecule has 0 radical (unpaired) electrons. The fourth-order valence-electron chi connectivity index (χ4n) is 2.63. The normalized spacial score (nSPS) is 12.5. The van der Waals surface area contributed by atoms with Gasteiger partial charge in [0.05, 0.1) is 5.69 Å². The molecule has 0 fully saturated rings. The van der Waals surface area contributed by atoms with Crippen LogP contribution in [0.5, 0.6) is 0 Å². The topological polar surface area (TPSA) is 24.9 Å². The summed E-state index contributed by atoms with van der Waals surface area (Å²) in [5.74, 6) is 1.03. The molecule has 0 atom stereocenters. The Labute approximate surface area is 138 Å². The first-order valence-corrected chi connectivity index (χ1v) is 9.20. The van der Waals surface area contributed by atoms with E-state index in [1.165, 1.54) is 26.6 Å². The fraction of sp³-hybridized carbons (Fsp3) is 0.167. The summed E-state index contributed by atoms with van der Waals surface area (Å²) in [5.41, 5.74) is 3.81. The van der Waals surface area contributed by atoms with Gasteiger partial charge < -0.3 is 5.32 Å². The first-order chi connectivity index (χ1) is 10.9. The molecule has 110 valence electrons. The van der Waals surface area contributed by atoms with Crippen LogP contribution in [0.1, 0.15) is 10.4 Å². The average Bonchev–Trinajstić information content (AvgIpc) is 2.99. The van der Waals surface area contributed by atoms with Crippen LogP contribution < -0.4 is 5.32 Å². The Kier molecular flexibility index (Phi) is 3.87. The van der Waals surface area contributed by atoms with E-state index in [0.717, 1.165) is 23.8 Å². The molecule has 2 aromatic carbocycles. The number of nitrogens with zero attached hydrogens (tertiary/aromatic N) is 1. The van der Waals surface area contributed by atoms with Crippen LogP contribution in [0, 0.1) is 0 Å². The largest absolute Gasteiger partial charge is 0.361 e. The van der Waals surface area contributed by atoms with Crippen molar-refractivity contribution in [3.8, 4) is 11.3 Å². The molecule has 1 aliphatic heterocycles. The number of nitrogens with one attached hydrogen (secondary N) is 1. The molecule has 22 heavy (non-hydrogen) atoms. The molecule has 1 aliphatic rings. The molecule has 1 aromatic heterocycles. The van der Waals surface area contributed by atoms with E-state index in [2.05, 4.69) is 59.9 Å². The third kappa shape index (κ3) is 2.76. The molecule has 2 nitrogen and oxygen atoms in total. The SMILES string of the molecule is c1ccc(CCNc2nc3c(s2)CSc2ccccc2-3)cc1. The molecule has 0 spiro atoms. The number of hydrogen-bond donors (Lipinski definition) is 1. The van der Waals surface area contributed by atoms with Crippen molar-refractivity contribution in [2.45, 2.75) is 17.1 Å². The summed E-state index contributed by atoms with van der Waals surface area (Å²) in [7, 11) is 0. The van der Waals surface area contributed by atoms with Gasteiger partial charge in [-0.2, -0.15) is 0 Å². The number of aromatic nitrogens is 1. The minimum Gasteiger partial charge on any atom is -0.361 e. The zero-order valence-corrected chi connectivity index (χ0v) is 13.7. The first-order valence-electron chi connectivity index (χ1n) is 7.40. The maximum absolute atomic E-state index is 4.82. The number of anilines is 1. The molecule has 2 heterocycles. The molecule has 0 saturated heterocycles. The molecule has 0 unspecified atom stereocenters. The maximum Gasteiger partial charge on any atom is 0.183 e. The Morgan fingerprint density at radius 1 is 1.00 bits per heavy atom. The van der Waals surface area contributed by atoms with E-state index in [9.17, 15) is 0 Å². The van der Waals surface area contributed by atoms with Crippen LogP contribution in [0.2, 0.25) is 0 Å². The smallest absolute Gasteiger partial charge is 0.183 e. The highest BCUT2D eigenvalue weighted by Crippen LogP contribution is 2.44. The lowest BCUT2D eigenvalue weighted by Gasteiger charge is -2.13. The quantitative estimate of drug-likeness (QED) is 0.725. The Hall–Kier alpha value is -1.78. The molecule has 4 heteroatoms. The number of thiazole rings is 1. The molecule has 3 aromatic rings. The monoisotopic (exact) mass is 324 g/mol. The minimum atomic E-state index is 0.922. The van der Waals surface area contributed by atoms with Crippen molar-refractivity contribution in [3.63, 3.8) is 0 Å². The molecule has 0 amide bonds. The summed E-state index contributed by atoms with van der Waals surface area (Å²) in [6.07, 6.45) is 1.02. The molecular formula is C18H16N2S2. The van der Waals surface area contributed by atoms with E-state index in [1.807, 2.05) is 11.8 Å². The number of hydrogen-bond acceptors (Lipinski definition) is 4. The van der Waals surface area contributed by atoms with Gasteiger partial charge in [0.25, 0.3) is 0 Å². The summed E-state index contributed by atoms with van der Waals surface area (Å²) in [6, 6.07) is 19.1. The van der Waals surface area contributed by atoms with Gasteiger partial charge in [0.15, 0.2) is 5.13 Å². The highest BCUT2D eigenvalue weighted by molar-refractivity contribution is 7.98. The molecule has 4 rings (SSSR count). The second-order valence-electron chi connectivity index (χ2n) is 5.24. The van der Waals surface area contributed by atoms with Crippen molar-refractivity contribution in [1.82, 2.24) is 4.98 Å². The number of benzene rings is 2. The second-order valence-corrected chi connectivity index (χ2v) is 7.34. The van der Waals surface area contributed by atoms with Crippen molar-refractivity contribution in [3.05, 3.63) is 65.0 Å². The summed E-state index contributed by atoms with van der Waals surface area (Å²) in [6.45, 7) is 0.922. The molecule has 0 aliphatic carbocycles. The van der Waals surface area contributed by atoms with Crippen molar-refractivity contribution in [2.24, 2.45) is 0 Å². The van der Waals surface area contributed by atoms with Gasteiger partial charge in [0, 0.05) is 27.6 Å². The number of thioether (sulfide) groups is 1. The molecule has 0 saturated carbocycles. The van der Waals surface area contributed by atoms with Crippen LogP contribution in [-0.2, 0) is 12.2 Å². The van der Waals surface area contributed by atoms with E-state index in [0.29, 0.717) is 0 Å². The zero-order valence-electron chi connectivity index (χ0n) is 12.1. The standard InChI is InChI=1S/C18H16N2S2/c1-2-6-13(7-3-1)10-11-19-18-20-17-14-8-4-5-9-15(14)21-12-16(17)22-18/h1-9H,10-12H2,(H,19,20). The number of fused-ring (bicyclic) bond motifs is 3. The predicted octanol–water partition coefficient (Wildman–Crippen LogP) is 5.07. The highest BCUT2D eigenvalue weighted by Gasteiger charge is 2.20. The van der Waals surface area contributed by atoms with Gasteiger partial charge in [-0.25, -0.2) is 4.98 Å². The van der Waals surface area contributed by atoms with Crippen LogP contribution in [0.3, 0.4) is 0 Å². The summed E-state index contributed by atoms with van der Waals surface area (Å²) >= 11 is 3.70. The van der Waals surface area contributed by atoms with Crippen LogP contribution in [0.25, 0.3) is 11.3 Å². The number of rotatable bonds is 4. The zero-order chi connectivity index (χ0) is 14.8. The third-order valence-corrected chi connectivity index (χ3v) is 6.03. The van der Waals surface area contributed by atoms with E-state index in [-0.39, 0.29) is 0 Å². The van der Waals surface area contributed by atoms with E-state index >= 15 is 0 Å². The van der Waals surface area contributed by atoms with Gasteiger partial charge in [-0.05, 0) is 18.1 Å². The lowest BCUT2D eigenvalue weighted by atomic mass is 10.1. The van der Waals surface area contributed by atoms with Crippen LogP contribution >= 0.6 is 23.1 Å². The minimum absolute atomic E-state index is 0.922. The molecule has 0 bridgehead atoms. The summed E-state index contributed by atoms with van der Waals surface area (Å²) in [4.78, 5) is 7.54. The average molecular weight is 324 g/mol. The maximum atomic E-state index is 4.82. The molecule has 1 N–H and O–H groups in total. The van der Waals surface area contributed by atoms with Crippen LogP contribution in [0.15, 0.2) is 59.5 Å². The van der Waals surface area contributed by atoms with Gasteiger partial charge in [-0.3, -0.25) is 0 Å². The Balaban J connectivity index is 1.48. The van der Waals surface area contributed by atoms with Gasteiger partial charge >= 0.3 is 0 Å². The van der Waals surface area contributed by atoms with E-state index < -0.39 is 0 Å². The van der Waals surface area contributed by atoms with Crippen molar-refractivity contribution in [2.75, 3.05) is 11.9 Å². The van der Waals surface area contributed by atoms with E-state index in [4.69, 9.17) is 4.98 Å². The van der Waals surface area contributed by atoms with Crippen molar-refractivity contribution in [1.29, 1.82) is 0 Å². The van der Waals surface area contributed by atoms with E-state index in [1.54, 1.807) is 11.3 Å². The predicted molar refractivity (Wildman–Crippen MR) is 95.7 cm³/mol. The van der Waals surface area contributed by atoms with Crippen molar-refractivity contribution >= 4 is 28.2 Å². The summed E-state index contributed by atoms with van der Waals surface area (Å²) < 4.78 is 0. The Morgan fingerprint density at radius 2 is 1.82 bits per heavy atom. The Morgan fingerprint density at radius 3 is 2.73 bits per heavy atom. The third-order valence-electron chi connectivity index (χ3n) is 3.73. The highest BCUT2D eigenvalue weighted by atomic mass is 32.2. The van der Waals surface area contributed by atoms with Gasteiger partial charge in [0.2, 0.25) is 0 Å². The van der Waals surface area contributed by atoms with Crippen LogP contribution in [-0.4, -0.2) is 11.5 Å². The van der Waals surface area contributed by atoms with Gasteiger partial charge in [0.1, 0.15) is 0 Å². The van der Waals surface area contributed by atoms with Crippen molar-refractivity contribution < 1.29 is 0 Å². The lowest BCUT2D eigenvalue weighted by Crippen LogP contribution is -2.04. The molecular weight excluding hydrogens is 308 g/mol. The lowest BCUT2D eigenvalue weighted by molar-refractivity contribution is 1.02. The summed E-state index contributed by atoms with van der Waals surface area (Å²) in [5, 5.41) is 4.52.